The molecular formula is C10H16N4. The summed E-state index contributed by atoms with van der Waals surface area (Å²) in [6, 6.07) is 1.97. The lowest BCUT2D eigenvalue weighted by molar-refractivity contribution is 0.728. The molecule has 2 rings (SSSR count). The van der Waals surface area contributed by atoms with Gasteiger partial charge in [-0.1, -0.05) is 0 Å². The van der Waals surface area contributed by atoms with E-state index in [9.17, 15) is 0 Å². The normalized spacial score (nSPS) is 17.9. The number of hydrogen-bond acceptors (Lipinski definition) is 4. The van der Waals surface area contributed by atoms with Crippen molar-refractivity contribution in [3.05, 3.63) is 17.5 Å². The van der Waals surface area contributed by atoms with E-state index in [4.69, 9.17) is 5.73 Å². The van der Waals surface area contributed by atoms with E-state index >= 15 is 0 Å². The highest BCUT2D eigenvalue weighted by molar-refractivity contribution is 5.35. The molecule has 76 valence electrons. The molecule has 1 heterocycles. The Morgan fingerprint density at radius 2 is 1.93 bits per heavy atom. The van der Waals surface area contributed by atoms with Gasteiger partial charge in [0, 0.05) is 17.9 Å². The molecule has 0 spiro atoms. The Hall–Kier alpha value is -1.16. The van der Waals surface area contributed by atoms with Crippen LogP contribution in [0.5, 0.6) is 0 Å². The first kappa shape index (κ1) is 9.40. The Labute approximate surface area is 83.9 Å². The molecule has 0 aromatic carbocycles. The molecule has 1 aliphatic rings. The van der Waals surface area contributed by atoms with Gasteiger partial charge in [-0.25, -0.2) is 9.97 Å². The van der Waals surface area contributed by atoms with E-state index in [1.54, 1.807) is 0 Å². The number of hydrogen-bond donors (Lipinski definition) is 2. The standard InChI is InChI=1S/C10H16N4/c1-7-5-8(2)13-9(12-7)14-10(6-11)3-4-10/h5H,3-4,6,11H2,1-2H3,(H,12,13,14). The molecule has 1 aromatic rings. The summed E-state index contributed by atoms with van der Waals surface area (Å²) in [5.41, 5.74) is 7.74. The first-order valence-corrected chi connectivity index (χ1v) is 4.94. The number of aryl methyl sites for hydroxylation is 2. The minimum atomic E-state index is 0.0836. The fourth-order valence-corrected chi connectivity index (χ4v) is 1.55. The Balaban J connectivity index is 2.16. The van der Waals surface area contributed by atoms with Crippen LogP contribution in [-0.4, -0.2) is 22.1 Å². The monoisotopic (exact) mass is 192 g/mol. The minimum Gasteiger partial charge on any atom is -0.347 e. The number of nitrogens with two attached hydrogens (primary N) is 1. The first-order valence-electron chi connectivity index (χ1n) is 4.94. The van der Waals surface area contributed by atoms with Crippen molar-refractivity contribution in [1.29, 1.82) is 0 Å². The van der Waals surface area contributed by atoms with Crippen LogP contribution >= 0.6 is 0 Å². The molecule has 1 fully saturated rings. The van der Waals surface area contributed by atoms with E-state index < -0.39 is 0 Å². The van der Waals surface area contributed by atoms with Gasteiger partial charge < -0.3 is 11.1 Å². The summed E-state index contributed by atoms with van der Waals surface area (Å²) in [6.45, 7) is 4.60. The highest BCUT2D eigenvalue weighted by Crippen LogP contribution is 2.36. The third-order valence-electron chi connectivity index (χ3n) is 2.60. The summed E-state index contributed by atoms with van der Waals surface area (Å²) in [5, 5.41) is 3.31. The fraction of sp³-hybridized carbons (Fsp3) is 0.600. The predicted octanol–water partition coefficient (Wildman–Crippen LogP) is 0.997. The molecule has 1 aliphatic carbocycles. The summed E-state index contributed by atoms with van der Waals surface area (Å²) in [6.07, 6.45) is 2.25. The van der Waals surface area contributed by atoms with Crippen LogP contribution < -0.4 is 11.1 Å². The van der Waals surface area contributed by atoms with Crippen molar-refractivity contribution in [2.75, 3.05) is 11.9 Å². The van der Waals surface area contributed by atoms with Crippen molar-refractivity contribution >= 4 is 5.95 Å². The summed E-state index contributed by atoms with van der Waals surface area (Å²) in [5.74, 6) is 0.713. The van der Waals surface area contributed by atoms with Crippen LogP contribution in [0, 0.1) is 13.8 Å². The largest absolute Gasteiger partial charge is 0.347 e. The molecule has 0 saturated heterocycles. The average molecular weight is 192 g/mol. The van der Waals surface area contributed by atoms with Gasteiger partial charge in [-0.05, 0) is 32.8 Å². The van der Waals surface area contributed by atoms with E-state index in [1.807, 2.05) is 19.9 Å². The van der Waals surface area contributed by atoms with Crippen LogP contribution in [-0.2, 0) is 0 Å². The molecule has 0 amide bonds. The van der Waals surface area contributed by atoms with Gasteiger partial charge in [0.15, 0.2) is 0 Å². The zero-order valence-corrected chi connectivity index (χ0v) is 8.67. The number of anilines is 1. The lowest BCUT2D eigenvalue weighted by Gasteiger charge is -2.15. The van der Waals surface area contributed by atoms with Gasteiger partial charge in [-0.15, -0.1) is 0 Å². The second-order valence-corrected chi connectivity index (χ2v) is 4.08. The van der Waals surface area contributed by atoms with Crippen LogP contribution in [0.25, 0.3) is 0 Å². The molecule has 4 heteroatoms. The minimum absolute atomic E-state index is 0.0836. The molecule has 0 unspecified atom stereocenters. The molecule has 4 nitrogen and oxygen atoms in total. The van der Waals surface area contributed by atoms with E-state index in [-0.39, 0.29) is 5.54 Å². The van der Waals surface area contributed by atoms with Crippen molar-refractivity contribution in [3.63, 3.8) is 0 Å². The van der Waals surface area contributed by atoms with Crippen LogP contribution in [0.2, 0.25) is 0 Å². The zero-order chi connectivity index (χ0) is 10.2. The Kier molecular flexibility index (Phi) is 2.15. The molecular weight excluding hydrogens is 176 g/mol. The van der Waals surface area contributed by atoms with Crippen molar-refractivity contribution in [3.8, 4) is 0 Å². The molecule has 14 heavy (non-hydrogen) atoms. The van der Waals surface area contributed by atoms with Gasteiger partial charge in [0.25, 0.3) is 0 Å². The SMILES string of the molecule is Cc1cc(C)nc(NC2(CN)CC2)n1. The molecule has 0 bridgehead atoms. The van der Waals surface area contributed by atoms with Crippen LogP contribution in [0.4, 0.5) is 5.95 Å². The second kappa shape index (κ2) is 3.20. The Morgan fingerprint density at radius 1 is 1.36 bits per heavy atom. The summed E-state index contributed by atoms with van der Waals surface area (Å²) in [7, 11) is 0. The van der Waals surface area contributed by atoms with Gasteiger partial charge in [0.2, 0.25) is 5.95 Å². The maximum Gasteiger partial charge on any atom is 0.223 e. The van der Waals surface area contributed by atoms with Gasteiger partial charge in [0.05, 0.1) is 5.54 Å². The van der Waals surface area contributed by atoms with Crippen LogP contribution in [0.3, 0.4) is 0 Å². The summed E-state index contributed by atoms with van der Waals surface area (Å²) in [4.78, 5) is 8.66. The number of aromatic nitrogens is 2. The highest BCUT2D eigenvalue weighted by Gasteiger charge is 2.41. The van der Waals surface area contributed by atoms with Gasteiger partial charge in [-0.3, -0.25) is 0 Å². The highest BCUT2D eigenvalue weighted by atomic mass is 15.2. The van der Waals surface area contributed by atoms with E-state index in [2.05, 4.69) is 15.3 Å². The predicted molar refractivity (Wildman–Crippen MR) is 56.1 cm³/mol. The summed E-state index contributed by atoms with van der Waals surface area (Å²) >= 11 is 0. The number of nitrogens with one attached hydrogen (secondary N) is 1. The van der Waals surface area contributed by atoms with E-state index in [1.165, 1.54) is 0 Å². The quantitative estimate of drug-likeness (QED) is 0.749. The van der Waals surface area contributed by atoms with Gasteiger partial charge >= 0.3 is 0 Å². The smallest absolute Gasteiger partial charge is 0.223 e. The molecule has 0 atom stereocenters. The Bertz CT molecular complexity index is 324. The fourth-order valence-electron chi connectivity index (χ4n) is 1.55. The average Bonchev–Trinajstić information content (AvgIpc) is 2.83. The van der Waals surface area contributed by atoms with Crippen LogP contribution in [0.15, 0.2) is 6.07 Å². The Morgan fingerprint density at radius 3 is 2.36 bits per heavy atom. The zero-order valence-electron chi connectivity index (χ0n) is 8.67. The van der Waals surface area contributed by atoms with Crippen molar-refractivity contribution < 1.29 is 0 Å². The molecule has 1 saturated carbocycles. The number of rotatable bonds is 3. The van der Waals surface area contributed by atoms with E-state index in [0.717, 1.165) is 24.2 Å². The van der Waals surface area contributed by atoms with Crippen molar-refractivity contribution in [2.24, 2.45) is 5.73 Å². The lowest BCUT2D eigenvalue weighted by atomic mass is 10.3. The van der Waals surface area contributed by atoms with E-state index in [0.29, 0.717) is 12.5 Å². The maximum atomic E-state index is 5.67. The van der Waals surface area contributed by atoms with Crippen molar-refractivity contribution in [1.82, 2.24) is 9.97 Å². The lowest BCUT2D eigenvalue weighted by Crippen LogP contribution is -2.31. The molecule has 1 aromatic heterocycles. The first-order chi connectivity index (χ1) is 6.63. The van der Waals surface area contributed by atoms with Crippen LogP contribution in [0.1, 0.15) is 24.2 Å². The number of nitrogens with zero attached hydrogens (tertiary/aromatic N) is 2. The third-order valence-corrected chi connectivity index (χ3v) is 2.60. The molecule has 0 radical (unpaired) electrons. The molecule has 0 aliphatic heterocycles. The summed E-state index contributed by atoms with van der Waals surface area (Å²) < 4.78 is 0. The van der Waals surface area contributed by atoms with Gasteiger partial charge in [0.1, 0.15) is 0 Å². The van der Waals surface area contributed by atoms with Crippen molar-refractivity contribution in [2.45, 2.75) is 32.2 Å². The molecule has 3 N–H and O–H groups in total. The topological polar surface area (TPSA) is 63.8 Å². The third kappa shape index (κ3) is 1.85. The second-order valence-electron chi connectivity index (χ2n) is 4.08. The maximum absolute atomic E-state index is 5.67. The van der Waals surface area contributed by atoms with Gasteiger partial charge in [-0.2, -0.15) is 0 Å².